The maximum atomic E-state index is 13.4. The van der Waals surface area contributed by atoms with E-state index >= 15 is 0 Å². The van der Waals surface area contributed by atoms with E-state index in [9.17, 15) is 9.59 Å². The summed E-state index contributed by atoms with van der Waals surface area (Å²) in [7, 11) is 4.15. The van der Waals surface area contributed by atoms with Gasteiger partial charge in [0.2, 0.25) is 5.91 Å². The van der Waals surface area contributed by atoms with E-state index in [1.54, 1.807) is 12.1 Å². The summed E-state index contributed by atoms with van der Waals surface area (Å²) in [6, 6.07) is 15.1. The minimum atomic E-state index is -0.477. The fourth-order valence-electron chi connectivity index (χ4n) is 5.17. The van der Waals surface area contributed by atoms with E-state index in [0.717, 1.165) is 59.6 Å². The normalized spacial score (nSPS) is 15.1. The Kier molecular flexibility index (Phi) is 7.28. The summed E-state index contributed by atoms with van der Waals surface area (Å²) in [6.07, 6.45) is 0.601. The molecule has 0 unspecified atom stereocenters. The molecule has 5 rings (SSSR count). The number of hydrogen-bond donors (Lipinski definition) is 1. The average molecular weight is 537 g/mol. The van der Waals surface area contributed by atoms with E-state index in [1.165, 1.54) is 0 Å². The van der Waals surface area contributed by atoms with Crippen molar-refractivity contribution in [3.8, 4) is 22.3 Å². The van der Waals surface area contributed by atoms with Crippen LogP contribution in [-0.4, -0.2) is 79.9 Å². The van der Waals surface area contributed by atoms with Gasteiger partial charge in [-0.3, -0.25) is 14.5 Å². The summed E-state index contributed by atoms with van der Waals surface area (Å²) in [5, 5.41) is 0.907. The summed E-state index contributed by atoms with van der Waals surface area (Å²) in [5.74, 6) is -0.436. The molecule has 2 amide bonds. The molecule has 192 valence electrons. The number of fused-ring (bicyclic) bond motifs is 3. The van der Waals surface area contributed by atoms with Crippen LogP contribution in [0.3, 0.4) is 0 Å². The van der Waals surface area contributed by atoms with Gasteiger partial charge in [-0.05, 0) is 90.3 Å². The van der Waals surface area contributed by atoms with Gasteiger partial charge < -0.3 is 15.5 Å². The van der Waals surface area contributed by atoms with Gasteiger partial charge >= 0.3 is 0 Å². The topological polar surface area (TPSA) is 69.9 Å². The maximum absolute atomic E-state index is 13.4. The Balaban J connectivity index is 1.44. The Morgan fingerprint density at radius 2 is 1.65 bits per heavy atom. The molecule has 0 spiro atoms. The number of nitrogens with two attached hydrogens (primary N) is 1. The third kappa shape index (κ3) is 5.25. The second-order valence-electron chi connectivity index (χ2n) is 10.0. The third-order valence-corrected chi connectivity index (χ3v) is 8.04. The number of hydrogen-bond acceptors (Lipinski definition) is 4. The number of likely N-dealkylation sites (N-methyl/N-ethyl adjacent to an activating group) is 1. The van der Waals surface area contributed by atoms with E-state index in [1.807, 2.05) is 41.3 Å². The van der Waals surface area contributed by atoms with E-state index in [4.69, 9.17) is 28.9 Å². The molecular formula is C29H30Cl2N4O2. The van der Waals surface area contributed by atoms with Crippen molar-refractivity contribution in [1.82, 2.24) is 14.7 Å². The molecule has 0 radical (unpaired) electrons. The van der Waals surface area contributed by atoms with Crippen molar-refractivity contribution in [3.63, 3.8) is 0 Å². The lowest BCUT2D eigenvalue weighted by Crippen LogP contribution is -2.50. The average Bonchev–Trinajstić information content (AvgIpc) is 3.26. The van der Waals surface area contributed by atoms with Crippen molar-refractivity contribution >= 4 is 35.0 Å². The van der Waals surface area contributed by atoms with Gasteiger partial charge in [0.25, 0.3) is 5.91 Å². The monoisotopic (exact) mass is 536 g/mol. The molecule has 1 aliphatic carbocycles. The largest absolute Gasteiger partial charge is 0.366 e. The van der Waals surface area contributed by atoms with Crippen molar-refractivity contribution in [1.29, 1.82) is 0 Å². The van der Waals surface area contributed by atoms with Crippen LogP contribution in [-0.2, 0) is 6.42 Å². The zero-order valence-electron chi connectivity index (χ0n) is 21.1. The molecule has 2 N–H and O–H groups in total. The number of carbonyl (C=O) groups excluding carboxylic acids is 2. The maximum Gasteiger partial charge on any atom is 0.253 e. The minimum Gasteiger partial charge on any atom is -0.366 e. The molecule has 1 saturated heterocycles. The van der Waals surface area contributed by atoms with Crippen LogP contribution in [0.4, 0.5) is 0 Å². The summed E-state index contributed by atoms with van der Waals surface area (Å²) < 4.78 is 0. The van der Waals surface area contributed by atoms with E-state index in [0.29, 0.717) is 40.7 Å². The first-order valence-electron chi connectivity index (χ1n) is 12.4. The Labute approximate surface area is 227 Å². The summed E-state index contributed by atoms with van der Waals surface area (Å²) in [6.45, 7) is 5.20. The molecule has 0 aromatic heterocycles. The molecule has 0 bridgehead atoms. The lowest BCUT2D eigenvalue weighted by Gasteiger charge is -2.35. The van der Waals surface area contributed by atoms with Crippen molar-refractivity contribution in [3.05, 3.63) is 80.8 Å². The van der Waals surface area contributed by atoms with Crippen molar-refractivity contribution in [2.75, 3.05) is 53.4 Å². The van der Waals surface area contributed by atoms with Crippen molar-refractivity contribution in [2.45, 2.75) is 6.42 Å². The predicted molar refractivity (Wildman–Crippen MR) is 150 cm³/mol. The lowest BCUT2D eigenvalue weighted by atomic mass is 9.93. The molecule has 1 aliphatic heterocycles. The first kappa shape index (κ1) is 25.7. The van der Waals surface area contributed by atoms with Crippen LogP contribution in [0.2, 0.25) is 10.0 Å². The number of nitrogens with zero attached hydrogens (tertiary/aromatic N) is 3. The molecule has 2 aliphatic rings. The van der Waals surface area contributed by atoms with Crippen molar-refractivity contribution < 1.29 is 9.59 Å². The Morgan fingerprint density at radius 1 is 0.892 bits per heavy atom. The SMILES string of the molecule is CN(C)CCN1CCN(C(=O)c2ccc3c(c2)-c2cc(-c4ccc(Cl)c(Cl)c4)cc(C(N)=O)c2C3)CC1. The van der Waals surface area contributed by atoms with Crippen LogP contribution in [0.1, 0.15) is 31.8 Å². The van der Waals surface area contributed by atoms with Crippen LogP contribution in [0.5, 0.6) is 0 Å². The van der Waals surface area contributed by atoms with E-state index in [2.05, 4.69) is 23.9 Å². The summed E-state index contributed by atoms with van der Waals surface area (Å²) in [4.78, 5) is 32.3. The van der Waals surface area contributed by atoms with E-state index < -0.39 is 5.91 Å². The highest BCUT2D eigenvalue weighted by Crippen LogP contribution is 2.42. The first-order valence-corrected chi connectivity index (χ1v) is 13.2. The van der Waals surface area contributed by atoms with Gasteiger partial charge in [-0.15, -0.1) is 0 Å². The zero-order valence-corrected chi connectivity index (χ0v) is 22.6. The van der Waals surface area contributed by atoms with Crippen LogP contribution in [0.25, 0.3) is 22.3 Å². The fourth-order valence-corrected chi connectivity index (χ4v) is 5.47. The molecule has 1 fully saturated rings. The Hall–Kier alpha value is -2.90. The highest BCUT2D eigenvalue weighted by Gasteiger charge is 2.27. The number of benzene rings is 3. The Morgan fingerprint density at radius 3 is 2.32 bits per heavy atom. The number of amides is 2. The first-order chi connectivity index (χ1) is 17.7. The lowest BCUT2D eigenvalue weighted by molar-refractivity contribution is 0.0629. The molecule has 0 atom stereocenters. The molecule has 8 heteroatoms. The number of halogens is 2. The predicted octanol–water partition coefficient (Wildman–Crippen LogP) is 4.65. The second-order valence-corrected chi connectivity index (χ2v) is 10.8. The molecule has 37 heavy (non-hydrogen) atoms. The van der Waals surface area contributed by atoms with Gasteiger partial charge in [0.15, 0.2) is 0 Å². The summed E-state index contributed by atoms with van der Waals surface area (Å²) in [5.41, 5.74) is 12.5. The van der Waals surface area contributed by atoms with Gasteiger partial charge in [-0.25, -0.2) is 0 Å². The zero-order chi connectivity index (χ0) is 26.3. The molecule has 3 aromatic carbocycles. The number of rotatable bonds is 6. The number of piperazine rings is 1. The van der Waals surface area contributed by atoms with Crippen molar-refractivity contribution in [2.24, 2.45) is 5.73 Å². The number of carbonyl (C=O) groups is 2. The smallest absolute Gasteiger partial charge is 0.253 e. The van der Waals surface area contributed by atoms with Gasteiger partial charge in [-0.1, -0.05) is 35.3 Å². The van der Waals surface area contributed by atoms with Gasteiger partial charge in [0.05, 0.1) is 10.0 Å². The standard InChI is InChI=1S/C29H30Cl2N4O2/c1-33(2)7-8-34-9-11-35(12-10-34)29(37)20-4-3-19-13-24-23(22(19)14-20)15-21(16-25(24)28(32)36)18-5-6-26(30)27(31)17-18/h3-6,14-17H,7-13H2,1-2H3,(H2,32,36). The van der Waals surface area contributed by atoms with Gasteiger partial charge in [0.1, 0.15) is 0 Å². The van der Waals surface area contributed by atoms with E-state index in [-0.39, 0.29) is 5.91 Å². The van der Waals surface area contributed by atoms with Gasteiger partial charge in [0, 0.05) is 50.4 Å². The minimum absolute atomic E-state index is 0.0410. The van der Waals surface area contributed by atoms with Crippen LogP contribution in [0.15, 0.2) is 48.5 Å². The van der Waals surface area contributed by atoms with Crippen LogP contribution in [0, 0.1) is 0 Å². The highest BCUT2D eigenvalue weighted by molar-refractivity contribution is 6.42. The molecule has 6 nitrogen and oxygen atoms in total. The molecule has 3 aromatic rings. The molecule has 0 saturated carbocycles. The Bertz CT molecular complexity index is 1380. The molecule has 1 heterocycles. The van der Waals surface area contributed by atoms with Crippen LogP contribution < -0.4 is 5.73 Å². The second kappa shape index (κ2) is 10.5. The third-order valence-electron chi connectivity index (χ3n) is 7.31. The van der Waals surface area contributed by atoms with Crippen LogP contribution >= 0.6 is 23.2 Å². The van der Waals surface area contributed by atoms with Gasteiger partial charge in [-0.2, -0.15) is 0 Å². The number of primary amides is 1. The highest BCUT2D eigenvalue weighted by atomic mass is 35.5. The fraction of sp³-hybridized carbons (Fsp3) is 0.310. The quantitative estimate of drug-likeness (QED) is 0.389. The molecular weight excluding hydrogens is 507 g/mol. The summed E-state index contributed by atoms with van der Waals surface area (Å²) >= 11 is 12.4.